The molecule has 0 unspecified atom stereocenters. The van der Waals surface area contributed by atoms with Crippen molar-refractivity contribution in [3.63, 3.8) is 0 Å². The van der Waals surface area contributed by atoms with Gasteiger partial charge in [0.25, 0.3) is 0 Å². The molecular formula is C17H14F2N4O4S. The number of hydrogen-bond acceptors (Lipinski definition) is 5. The van der Waals surface area contributed by atoms with E-state index in [0.717, 1.165) is 16.8 Å². The van der Waals surface area contributed by atoms with E-state index in [0.29, 0.717) is 0 Å². The molecule has 3 aromatic rings. The number of amides is 1. The average Bonchev–Trinajstić information content (AvgIpc) is 3.06. The summed E-state index contributed by atoms with van der Waals surface area (Å²) in [5.41, 5.74) is -0.0121. The van der Waals surface area contributed by atoms with E-state index in [-0.39, 0.29) is 29.2 Å². The van der Waals surface area contributed by atoms with Gasteiger partial charge in [0, 0.05) is 19.2 Å². The van der Waals surface area contributed by atoms with Crippen LogP contribution in [0.1, 0.15) is 5.69 Å². The van der Waals surface area contributed by atoms with Crippen LogP contribution in [0.3, 0.4) is 0 Å². The van der Waals surface area contributed by atoms with Crippen molar-refractivity contribution in [2.75, 3.05) is 6.54 Å². The van der Waals surface area contributed by atoms with Gasteiger partial charge in [-0.25, -0.2) is 27.3 Å². The molecule has 1 amide bonds. The van der Waals surface area contributed by atoms with E-state index >= 15 is 0 Å². The zero-order chi connectivity index (χ0) is 20.3. The number of benzene rings is 1. The summed E-state index contributed by atoms with van der Waals surface area (Å²) in [6.45, 7) is -0.0265. The van der Waals surface area contributed by atoms with Gasteiger partial charge < -0.3 is 10.4 Å². The van der Waals surface area contributed by atoms with Gasteiger partial charge in [-0.3, -0.25) is 0 Å². The fourth-order valence-electron chi connectivity index (χ4n) is 2.48. The molecular weight excluding hydrogens is 394 g/mol. The highest BCUT2D eigenvalue weighted by molar-refractivity contribution is 7.91. The smallest absolute Gasteiger partial charge is 0.404 e. The second-order valence-corrected chi connectivity index (χ2v) is 7.54. The Morgan fingerprint density at radius 2 is 1.96 bits per heavy atom. The van der Waals surface area contributed by atoms with Crippen molar-refractivity contribution in [2.45, 2.75) is 16.3 Å². The maximum absolute atomic E-state index is 14.2. The Morgan fingerprint density at radius 3 is 2.64 bits per heavy atom. The quantitative estimate of drug-likeness (QED) is 0.605. The minimum Gasteiger partial charge on any atom is -0.465 e. The van der Waals surface area contributed by atoms with E-state index in [4.69, 9.17) is 5.11 Å². The van der Waals surface area contributed by atoms with Crippen molar-refractivity contribution in [2.24, 2.45) is 0 Å². The summed E-state index contributed by atoms with van der Waals surface area (Å²) in [5, 5.41) is 14.5. The van der Waals surface area contributed by atoms with Crippen LogP contribution in [0, 0.1) is 11.8 Å². The monoisotopic (exact) mass is 408 g/mol. The average molecular weight is 408 g/mol. The number of rotatable bonds is 6. The Kier molecular flexibility index (Phi) is 5.36. The number of halogens is 2. The second-order valence-electron chi connectivity index (χ2n) is 5.64. The molecule has 0 radical (unpaired) electrons. The fraction of sp³-hybridized carbons (Fsp3) is 0.118. The predicted molar refractivity (Wildman–Crippen MR) is 92.9 cm³/mol. The summed E-state index contributed by atoms with van der Waals surface area (Å²) in [6, 6.07) is 8.28. The van der Waals surface area contributed by atoms with Gasteiger partial charge in [-0.2, -0.15) is 9.49 Å². The summed E-state index contributed by atoms with van der Waals surface area (Å²) in [5.74, 6) is -1.69. The Hall–Kier alpha value is -3.34. The molecule has 8 nitrogen and oxygen atoms in total. The Balaban J connectivity index is 2.11. The number of carbonyl (C=O) groups is 1. The van der Waals surface area contributed by atoms with Crippen molar-refractivity contribution in [3.8, 4) is 5.69 Å². The minimum atomic E-state index is -4.25. The van der Waals surface area contributed by atoms with Crippen molar-refractivity contribution >= 4 is 15.9 Å². The predicted octanol–water partition coefficient (Wildman–Crippen LogP) is 2.19. The summed E-state index contributed by atoms with van der Waals surface area (Å²) in [7, 11) is -4.25. The van der Waals surface area contributed by atoms with E-state index in [1.807, 2.05) is 0 Å². The molecule has 2 N–H and O–H groups in total. The first-order valence-corrected chi connectivity index (χ1v) is 9.44. The van der Waals surface area contributed by atoms with Gasteiger partial charge in [0.15, 0.2) is 5.03 Å². The van der Waals surface area contributed by atoms with Gasteiger partial charge >= 0.3 is 6.09 Å². The SMILES string of the molecule is O=C(O)NCCc1cc(S(=O)(=O)c2cccc(F)c2)n(-c2cccnc2F)n1. The van der Waals surface area contributed by atoms with Crippen LogP contribution >= 0.6 is 0 Å². The highest BCUT2D eigenvalue weighted by Gasteiger charge is 2.26. The number of aromatic nitrogens is 3. The Morgan fingerprint density at radius 1 is 1.18 bits per heavy atom. The number of nitrogens with one attached hydrogen (secondary N) is 1. The molecule has 28 heavy (non-hydrogen) atoms. The van der Waals surface area contributed by atoms with Crippen LogP contribution < -0.4 is 5.32 Å². The molecule has 1 aromatic carbocycles. The summed E-state index contributed by atoms with van der Waals surface area (Å²) >= 11 is 0. The summed E-state index contributed by atoms with van der Waals surface area (Å²) < 4.78 is 54.6. The number of sulfone groups is 1. The van der Waals surface area contributed by atoms with Gasteiger partial charge in [-0.05, 0) is 36.4 Å². The Labute approximate surface area is 158 Å². The zero-order valence-electron chi connectivity index (χ0n) is 14.2. The molecule has 2 aromatic heterocycles. The van der Waals surface area contributed by atoms with Crippen LogP contribution in [-0.2, 0) is 16.3 Å². The minimum absolute atomic E-state index is 0.0265. The molecule has 11 heteroatoms. The third kappa shape index (κ3) is 3.98. The van der Waals surface area contributed by atoms with E-state index in [1.165, 1.54) is 36.5 Å². The fourth-order valence-corrected chi connectivity index (χ4v) is 3.91. The van der Waals surface area contributed by atoms with Gasteiger partial charge in [0.05, 0.1) is 10.6 Å². The van der Waals surface area contributed by atoms with Crippen molar-refractivity contribution < 1.29 is 27.1 Å². The van der Waals surface area contributed by atoms with Crippen molar-refractivity contribution in [1.29, 1.82) is 0 Å². The van der Waals surface area contributed by atoms with Crippen molar-refractivity contribution in [3.05, 3.63) is 66.1 Å². The standard InChI is InChI=1S/C17H14F2N4O4S/c18-11-3-1-4-13(9-11)28(26,27)15-10-12(6-8-21-17(24)25)22-23(15)14-5-2-7-20-16(14)19/h1-5,7,9-10,21H,6,8H2,(H,24,25). The molecule has 0 aliphatic heterocycles. The van der Waals surface area contributed by atoms with Gasteiger partial charge in [-0.15, -0.1) is 0 Å². The molecule has 2 heterocycles. The van der Waals surface area contributed by atoms with E-state index in [1.54, 1.807) is 0 Å². The van der Waals surface area contributed by atoms with Crippen LogP contribution in [0.2, 0.25) is 0 Å². The summed E-state index contributed by atoms with van der Waals surface area (Å²) in [4.78, 5) is 13.7. The maximum Gasteiger partial charge on any atom is 0.404 e. The van der Waals surface area contributed by atoms with Crippen LogP contribution in [0.4, 0.5) is 13.6 Å². The molecule has 0 aliphatic carbocycles. The first kappa shape index (κ1) is 19.4. The number of nitrogens with zero attached hydrogens (tertiary/aromatic N) is 3. The first-order valence-electron chi connectivity index (χ1n) is 7.96. The molecule has 0 saturated carbocycles. The van der Waals surface area contributed by atoms with Gasteiger partial charge in [-0.1, -0.05) is 6.07 Å². The molecule has 146 valence electrons. The van der Waals surface area contributed by atoms with Crippen LogP contribution in [0.25, 0.3) is 5.69 Å². The molecule has 0 atom stereocenters. The third-order valence-electron chi connectivity index (χ3n) is 3.73. The van der Waals surface area contributed by atoms with Crippen molar-refractivity contribution in [1.82, 2.24) is 20.1 Å². The van der Waals surface area contributed by atoms with E-state index in [2.05, 4.69) is 15.4 Å². The van der Waals surface area contributed by atoms with E-state index < -0.39 is 32.7 Å². The number of hydrogen-bond donors (Lipinski definition) is 2. The second kappa shape index (κ2) is 7.72. The van der Waals surface area contributed by atoms with Crippen LogP contribution in [0.5, 0.6) is 0 Å². The van der Waals surface area contributed by atoms with Crippen LogP contribution in [0.15, 0.2) is 58.6 Å². The molecule has 0 fully saturated rings. The highest BCUT2D eigenvalue weighted by atomic mass is 32.2. The van der Waals surface area contributed by atoms with Gasteiger partial charge in [0.1, 0.15) is 11.5 Å². The molecule has 0 spiro atoms. The van der Waals surface area contributed by atoms with Crippen LogP contribution in [-0.4, -0.2) is 40.9 Å². The van der Waals surface area contributed by atoms with E-state index in [9.17, 15) is 22.0 Å². The number of pyridine rings is 1. The number of carboxylic acid groups (broad SMARTS) is 1. The molecule has 0 bridgehead atoms. The molecule has 0 saturated heterocycles. The largest absolute Gasteiger partial charge is 0.465 e. The normalized spacial score (nSPS) is 11.4. The maximum atomic E-state index is 14.2. The van der Waals surface area contributed by atoms with Gasteiger partial charge in [0.2, 0.25) is 15.8 Å². The zero-order valence-corrected chi connectivity index (χ0v) is 15.0. The topological polar surface area (TPSA) is 114 Å². The molecule has 0 aliphatic rings. The lowest BCUT2D eigenvalue weighted by molar-refractivity contribution is 0.194. The first-order chi connectivity index (χ1) is 13.3. The third-order valence-corrected chi connectivity index (χ3v) is 5.45. The summed E-state index contributed by atoms with van der Waals surface area (Å²) in [6.07, 6.45) is 0.0125. The Bertz CT molecular complexity index is 1130. The molecule has 3 rings (SSSR count). The lowest BCUT2D eigenvalue weighted by Gasteiger charge is -2.09. The lowest BCUT2D eigenvalue weighted by atomic mass is 10.3. The highest BCUT2D eigenvalue weighted by Crippen LogP contribution is 2.25. The lowest BCUT2D eigenvalue weighted by Crippen LogP contribution is -2.23.